The van der Waals surface area contributed by atoms with Gasteiger partial charge in [-0.2, -0.15) is 13.2 Å². The number of nitrogens with one attached hydrogen (secondary N) is 1. The van der Waals surface area contributed by atoms with Gasteiger partial charge in [0.1, 0.15) is 17.1 Å². The standard InChI is InChI=1S/C10H8F3N3O/c1-17-6-2-3-14-7(4-6)8-9(10(11,12)13)16-5-15-8/h2-5H,1H3,(H,15,16). The Labute approximate surface area is 94.5 Å². The van der Waals surface area contributed by atoms with Gasteiger partial charge in [-0.3, -0.25) is 4.98 Å². The van der Waals surface area contributed by atoms with E-state index < -0.39 is 11.9 Å². The molecule has 0 radical (unpaired) electrons. The molecule has 0 saturated heterocycles. The van der Waals surface area contributed by atoms with Crippen LogP contribution >= 0.6 is 0 Å². The summed E-state index contributed by atoms with van der Waals surface area (Å²) in [4.78, 5) is 9.54. The van der Waals surface area contributed by atoms with E-state index in [1.54, 1.807) is 6.07 Å². The molecule has 0 aliphatic carbocycles. The Kier molecular flexibility index (Phi) is 2.74. The highest BCUT2D eigenvalue weighted by atomic mass is 19.4. The van der Waals surface area contributed by atoms with Gasteiger partial charge in [0.15, 0.2) is 0 Å². The molecule has 7 heteroatoms. The van der Waals surface area contributed by atoms with Crippen LogP contribution in [0.1, 0.15) is 5.69 Å². The third kappa shape index (κ3) is 2.22. The Hall–Kier alpha value is -2.05. The molecule has 0 aliphatic rings. The molecule has 17 heavy (non-hydrogen) atoms. The van der Waals surface area contributed by atoms with Gasteiger partial charge in [-0.05, 0) is 6.07 Å². The lowest BCUT2D eigenvalue weighted by atomic mass is 10.2. The monoisotopic (exact) mass is 243 g/mol. The predicted octanol–water partition coefficient (Wildman–Crippen LogP) is 2.50. The quantitative estimate of drug-likeness (QED) is 0.881. The number of aromatic amines is 1. The second-order valence-electron chi connectivity index (χ2n) is 3.20. The third-order valence-electron chi connectivity index (χ3n) is 2.13. The van der Waals surface area contributed by atoms with Crippen molar-refractivity contribution >= 4 is 0 Å². The molecular formula is C10H8F3N3O. The lowest BCUT2D eigenvalue weighted by Crippen LogP contribution is -2.07. The number of imidazole rings is 1. The second kappa shape index (κ2) is 4.08. The van der Waals surface area contributed by atoms with Crippen LogP contribution in [0, 0.1) is 0 Å². The Morgan fingerprint density at radius 3 is 2.71 bits per heavy atom. The normalized spacial score (nSPS) is 11.5. The fourth-order valence-electron chi connectivity index (χ4n) is 1.37. The highest BCUT2D eigenvalue weighted by molar-refractivity contribution is 5.59. The summed E-state index contributed by atoms with van der Waals surface area (Å²) in [5.74, 6) is 0.422. The van der Waals surface area contributed by atoms with Crippen LogP contribution in [0.15, 0.2) is 24.7 Å². The van der Waals surface area contributed by atoms with Gasteiger partial charge >= 0.3 is 6.18 Å². The van der Waals surface area contributed by atoms with Crippen LogP contribution in [0.25, 0.3) is 11.4 Å². The number of hydrogen-bond donors (Lipinski definition) is 1. The summed E-state index contributed by atoms with van der Waals surface area (Å²) >= 11 is 0. The van der Waals surface area contributed by atoms with E-state index in [0.29, 0.717) is 5.75 Å². The lowest BCUT2D eigenvalue weighted by molar-refractivity contribution is -0.140. The molecule has 2 heterocycles. The summed E-state index contributed by atoms with van der Waals surface area (Å²) in [6.45, 7) is 0. The lowest BCUT2D eigenvalue weighted by Gasteiger charge is -2.06. The van der Waals surface area contributed by atoms with Gasteiger partial charge in [0.25, 0.3) is 0 Å². The molecule has 0 fully saturated rings. The number of aromatic nitrogens is 3. The van der Waals surface area contributed by atoms with Gasteiger partial charge in [0.2, 0.25) is 0 Å². The van der Waals surface area contributed by atoms with Crippen LogP contribution in [-0.2, 0) is 6.18 Å². The molecule has 0 amide bonds. The first-order valence-corrected chi connectivity index (χ1v) is 4.63. The van der Waals surface area contributed by atoms with E-state index in [4.69, 9.17) is 4.74 Å². The first-order valence-electron chi connectivity index (χ1n) is 4.63. The van der Waals surface area contributed by atoms with Crippen molar-refractivity contribution in [3.63, 3.8) is 0 Å². The van der Waals surface area contributed by atoms with E-state index in [1.807, 2.05) is 0 Å². The van der Waals surface area contributed by atoms with Crippen molar-refractivity contribution in [2.75, 3.05) is 7.11 Å². The fourth-order valence-corrected chi connectivity index (χ4v) is 1.37. The molecule has 1 N–H and O–H groups in total. The molecule has 0 aliphatic heterocycles. The van der Waals surface area contributed by atoms with Crippen LogP contribution in [0.5, 0.6) is 5.75 Å². The highest BCUT2D eigenvalue weighted by Gasteiger charge is 2.36. The maximum absolute atomic E-state index is 12.6. The number of nitrogens with zero attached hydrogens (tertiary/aromatic N) is 2. The summed E-state index contributed by atoms with van der Waals surface area (Å²) in [6.07, 6.45) is -2.14. The number of ether oxygens (including phenoxy) is 1. The number of hydrogen-bond acceptors (Lipinski definition) is 3. The molecule has 4 nitrogen and oxygen atoms in total. The van der Waals surface area contributed by atoms with Crippen LogP contribution < -0.4 is 4.74 Å². The average molecular weight is 243 g/mol. The first-order chi connectivity index (χ1) is 8.02. The predicted molar refractivity (Wildman–Crippen MR) is 53.4 cm³/mol. The molecule has 0 aromatic carbocycles. The molecular weight excluding hydrogens is 235 g/mol. The zero-order chi connectivity index (χ0) is 12.5. The van der Waals surface area contributed by atoms with E-state index in [1.165, 1.54) is 19.4 Å². The van der Waals surface area contributed by atoms with E-state index in [2.05, 4.69) is 15.0 Å². The first kappa shape index (κ1) is 11.4. The fraction of sp³-hybridized carbons (Fsp3) is 0.200. The van der Waals surface area contributed by atoms with Crippen LogP contribution in [-0.4, -0.2) is 22.1 Å². The summed E-state index contributed by atoms with van der Waals surface area (Å²) in [6, 6.07) is 2.94. The smallest absolute Gasteiger partial charge is 0.433 e. The number of pyridine rings is 1. The topological polar surface area (TPSA) is 50.8 Å². The van der Waals surface area contributed by atoms with Crippen molar-refractivity contribution in [3.05, 3.63) is 30.4 Å². The molecule has 0 atom stereocenters. The summed E-state index contributed by atoms with van der Waals surface area (Å²) < 4.78 is 42.8. The molecule has 2 aromatic heterocycles. The largest absolute Gasteiger partial charge is 0.497 e. The van der Waals surface area contributed by atoms with E-state index in [-0.39, 0.29) is 11.4 Å². The zero-order valence-corrected chi connectivity index (χ0v) is 8.75. The number of rotatable bonds is 2. The summed E-state index contributed by atoms with van der Waals surface area (Å²) in [7, 11) is 1.42. The second-order valence-corrected chi connectivity index (χ2v) is 3.20. The van der Waals surface area contributed by atoms with E-state index in [9.17, 15) is 13.2 Å². The average Bonchev–Trinajstić information content (AvgIpc) is 2.77. The Morgan fingerprint density at radius 2 is 2.06 bits per heavy atom. The van der Waals surface area contributed by atoms with Gasteiger partial charge in [-0.25, -0.2) is 4.98 Å². The van der Waals surface area contributed by atoms with Crippen molar-refractivity contribution < 1.29 is 17.9 Å². The van der Waals surface area contributed by atoms with Gasteiger partial charge in [0, 0.05) is 12.3 Å². The molecule has 2 aromatic rings. The minimum Gasteiger partial charge on any atom is -0.497 e. The van der Waals surface area contributed by atoms with Gasteiger partial charge in [-0.15, -0.1) is 0 Å². The maximum atomic E-state index is 12.6. The maximum Gasteiger partial charge on any atom is 0.433 e. The zero-order valence-electron chi connectivity index (χ0n) is 8.75. The Bertz CT molecular complexity index is 522. The van der Waals surface area contributed by atoms with Gasteiger partial charge in [0.05, 0.1) is 19.1 Å². The third-order valence-corrected chi connectivity index (χ3v) is 2.13. The van der Waals surface area contributed by atoms with Crippen molar-refractivity contribution in [2.24, 2.45) is 0 Å². The number of alkyl halides is 3. The van der Waals surface area contributed by atoms with Crippen LogP contribution in [0.3, 0.4) is 0 Å². The Balaban J connectivity index is 2.50. The van der Waals surface area contributed by atoms with Crippen LogP contribution in [0.2, 0.25) is 0 Å². The Morgan fingerprint density at radius 1 is 1.29 bits per heavy atom. The van der Waals surface area contributed by atoms with Crippen LogP contribution in [0.4, 0.5) is 13.2 Å². The highest BCUT2D eigenvalue weighted by Crippen LogP contribution is 2.34. The number of methoxy groups -OCH3 is 1. The van der Waals surface area contributed by atoms with Crippen molar-refractivity contribution in [1.29, 1.82) is 0 Å². The number of H-pyrrole nitrogens is 1. The molecule has 0 bridgehead atoms. The van der Waals surface area contributed by atoms with Crippen molar-refractivity contribution in [1.82, 2.24) is 15.0 Å². The van der Waals surface area contributed by atoms with Crippen molar-refractivity contribution in [2.45, 2.75) is 6.18 Å². The minimum absolute atomic E-state index is 0.109. The summed E-state index contributed by atoms with van der Waals surface area (Å²) in [5.41, 5.74) is -1.05. The van der Waals surface area contributed by atoms with Gasteiger partial charge in [-0.1, -0.05) is 0 Å². The number of halogens is 3. The summed E-state index contributed by atoms with van der Waals surface area (Å²) in [5, 5.41) is 0. The van der Waals surface area contributed by atoms with E-state index >= 15 is 0 Å². The molecule has 0 spiro atoms. The SMILES string of the molecule is COc1ccnc(-c2nc[nH]c2C(F)(F)F)c1. The minimum atomic E-state index is -4.49. The van der Waals surface area contributed by atoms with Gasteiger partial charge < -0.3 is 9.72 Å². The molecule has 2 rings (SSSR count). The van der Waals surface area contributed by atoms with Crippen molar-refractivity contribution in [3.8, 4) is 17.1 Å². The molecule has 0 unspecified atom stereocenters. The molecule has 0 saturated carbocycles. The molecule has 90 valence electrons. The van der Waals surface area contributed by atoms with E-state index in [0.717, 1.165) is 6.33 Å².